The Morgan fingerprint density at radius 1 is 1.37 bits per heavy atom. The van der Waals surface area contributed by atoms with Gasteiger partial charge in [0.1, 0.15) is 17.5 Å². The number of carbonyl (C=O) groups excluding carboxylic acids is 1. The van der Waals surface area contributed by atoms with Crippen molar-refractivity contribution in [2.75, 3.05) is 5.73 Å². The molecule has 1 saturated heterocycles. The van der Waals surface area contributed by atoms with Crippen molar-refractivity contribution in [3.8, 4) is 0 Å². The second-order valence-electron chi connectivity index (χ2n) is 7.48. The summed E-state index contributed by atoms with van der Waals surface area (Å²) in [6, 6.07) is 8.74. The predicted octanol–water partition coefficient (Wildman–Crippen LogP) is -0.0252. The van der Waals surface area contributed by atoms with Crippen molar-refractivity contribution in [2.45, 2.75) is 48.8 Å². The third-order valence-corrected chi connectivity index (χ3v) is 5.31. The van der Waals surface area contributed by atoms with Gasteiger partial charge in [-0.2, -0.15) is 13.8 Å². The number of nitrogen functional groups attached to an aromatic ring is 1. The number of nitrogens with zero attached hydrogens (tertiary/aromatic N) is 2. The molecule has 11 heteroatoms. The van der Waals surface area contributed by atoms with E-state index >= 15 is 8.78 Å². The van der Waals surface area contributed by atoms with Crippen LogP contribution in [0.15, 0.2) is 47.4 Å². The summed E-state index contributed by atoms with van der Waals surface area (Å²) < 4.78 is 41.4. The first-order valence-electron chi connectivity index (χ1n) is 9.23. The average molecular weight is 422 g/mol. The Labute approximate surface area is 169 Å². The maximum atomic E-state index is 15.2. The van der Waals surface area contributed by atoms with Gasteiger partial charge in [-0.3, -0.25) is 9.36 Å². The number of hydrogen-bond acceptors (Lipinski definition) is 8. The van der Waals surface area contributed by atoms with Gasteiger partial charge in [0.25, 0.3) is 0 Å². The molecule has 2 heterocycles. The minimum absolute atomic E-state index is 0.0825. The van der Waals surface area contributed by atoms with Gasteiger partial charge in [-0.1, -0.05) is 30.3 Å². The van der Waals surface area contributed by atoms with Crippen LogP contribution >= 0.6 is 0 Å². The number of ether oxygens (including phenoxy) is 2. The predicted molar refractivity (Wildman–Crippen MR) is 99.3 cm³/mol. The average Bonchev–Trinajstić information content (AvgIpc) is 3.28. The number of aliphatic hydroxyl groups is 1. The zero-order valence-electron chi connectivity index (χ0n) is 15.7. The van der Waals surface area contributed by atoms with Crippen molar-refractivity contribution in [3.05, 3.63) is 58.6 Å². The van der Waals surface area contributed by atoms with Gasteiger partial charge in [-0.15, -0.1) is 0 Å². The van der Waals surface area contributed by atoms with Crippen LogP contribution in [0.25, 0.3) is 0 Å². The van der Waals surface area contributed by atoms with Crippen LogP contribution in [-0.2, 0) is 20.7 Å². The van der Waals surface area contributed by atoms with Gasteiger partial charge in [0.05, 0.1) is 6.10 Å². The summed E-state index contributed by atoms with van der Waals surface area (Å²) in [5.74, 6) is -5.04. The fourth-order valence-corrected chi connectivity index (χ4v) is 3.63. The number of nitrogens with two attached hydrogens (primary N) is 2. The van der Waals surface area contributed by atoms with Gasteiger partial charge in [0.2, 0.25) is 12.3 Å². The van der Waals surface area contributed by atoms with Crippen molar-refractivity contribution in [2.24, 2.45) is 5.73 Å². The van der Waals surface area contributed by atoms with E-state index in [9.17, 15) is 14.7 Å². The summed E-state index contributed by atoms with van der Waals surface area (Å²) in [6.07, 6.45) is -4.62. The molecule has 9 nitrogen and oxygen atoms in total. The molecule has 0 amide bonds. The molecule has 1 aliphatic carbocycles. The highest BCUT2D eigenvalue weighted by molar-refractivity contribution is 5.76. The highest BCUT2D eigenvalue weighted by Crippen LogP contribution is 2.59. The Balaban J connectivity index is 1.57. The summed E-state index contributed by atoms with van der Waals surface area (Å²) in [4.78, 5) is 27.9. The molecule has 0 bridgehead atoms. The van der Waals surface area contributed by atoms with Crippen molar-refractivity contribution in [1.29, 1.82) is 0 Å². The van der Waals surface area contributed by atoms with E-state index in [-0.39, 0.29) is 18.7 Å². The molecule has 1 aliphatic heterocycles. The van der Waals surface area contributed by atoms with Crippen molar-refractivity contribution >= 4 is 11.8 Å². The number of alkyl halides is 2. The monoisotopic (exact) mass is 422 g/mol. The number of carbonyl (C=O) groups is 1. The molecular formula is C19H20F2N4O5. The van der Waals surface area contributed by atoms with Crippen LogP contribution in [0.2, 0.25) is 0 Å². The van der Waals surface area contributed by atoms with Crippen LogP contribution in [0.1, 0.15) is 18.2 Å². The Hall–Kier alpha value is -2.89. The molecule has 1 aromatic heterocycles. The van der Waals surface area contributed by atoms with Crippen molar-refractivity contribution in [3.63, 3.8) is 0 Å². The molecule has 1 aromatic carbocycles. The summed E-state index contributed by atoms with van der Waals surface area (Å²) in [5.41, 5.74) is 9.09. The number of halogens is 2. The fraction of sp³-hybridized carbons (Fsp3) is 0.421. The molecule has 30 heavy (non-hydrogen) atoms. The smallest absolute Gasteiger partial charge is 0.351 e. The highest BCUT2D eigenvalue weighted by Gasteiger charge is 2.78. The molecule has 2 aromatic rings. The number of aromatic nitrogens is 2. The van der Waals surface area contributed by atoms with Crippen LogP contribution in [0, 0.1) is 0 Å². The van der Waals surface area contributed by atoms with Crippen LogP contribution in [0.5, 0.6) is 0 Å². The molecular weight excluding hydrogens is 402 g/mol. The van der Waals surface area contributed by atoms with Gasteiger partial charge >= 0.3 is 17.6 Å². The first-order valence-corrected chi connectivity index (χ1v) is 9.23. The normalized spacial score (nSPS) is 30.2. The number of aliphatic hydroxyl groups excluding tert-OH is 1. The lowest BCUT2D eigenvalue weighted by Gasteiger charge is -2.25. The van der Waals surface area contributed by atoms with Gasteiger partial charge in [0.15, 0.2) is 0 Å². The van der Waals surface area contributed by atoms with E-state index < -0.39 is 47.7 Å². The van der Waals surface area contributed by atoms with E-state index in [0.29, 0.717) is 4.57 Å². The Kier molecular flexibility index (Phi) is 4.83. The minimum atomic E-state index is -3.83. The second kappa shape index (κ2) is 7.11. The summed E-state index contributed by atoms with van der Waals surface area (Å²) >= 11 is 0. The highest BCUT2D eigenvalue weighted by atomic mass is 19.3. The Morgan fingerprint density at radius 3 is 2.63 bits per heavy atom. The molecule has 4 rings (SSSR count). The van der Waals surface area contributed by atoms with E-state index in [1.165, 1.54) is 0 Å². The molecule has 160 valence electrons. The lowest BCUT2D eigenvalue weighted by Crippen LogP contribution is -2.48. The number of esters is 1. The summed E-state index contributed by atoms with van der Waals surface area (Å²) in [6.45, 7) is 0. The summed E-state index contributed by atoms with van der Waals surface area (Å²) in [5, 5.41) is 9.98. The third-order valence-electron chi connectivity index (χ3n) is 5.31. The maximum Gasteiger partial charge on any atom is 0.351 e. The molecule has 1 spiro atoms. The van der Waals surface area contributed by atoms with E-state index in [2.05, 4.69) is 4.98 Å². The molecule has 0 radical (unpaired) electrons. The van der Waals surface area contributed by atoms with Crippen LogP contribution in [0.3, 0.4) is 0 Å². The van der Waals surface area contributed by atoms with Crippen molar-refractivity contribution < 1.29 is 28.2 Å². The molecule has 1 saturated carbocycles. The van der Waals surface area contributed by atoms with Crippen LogP contribution in [0.4, 0.5) is 14.6 Å². The van der Waals surface area contributed by atoms with Crippen LogP contribution in [-0.4, -0.2) is 50.4 Å². The topological polar surface area (TPSA) is 143 Å². The Morgan fingerprint density at radius 2 is 2.03 bits per heavy atom. The summed E-state index contributed by atoms with van der Waals surface area (Å²) in [7, 11) is 0. The largest absolute Gasteiger partial charge is 0.451 e. The molecule has 0 unspecified atom stereocenters. The van der Waals surface area contributed by atoms with Crippen molar-refractivity contribution in [1.82, 2.24) is 9.55 Å². The third kappa shape index (κ3) is 3.34. The van der Waals surface area contributed by atoms with Gasteiger partial charge < -0.3 is 26.0 Å². The molecule has 2 fully saturated rings. The fourth-order valence-electron chi connectivity index (χ4n) is 3.63. The molecule has 5 N–H and O–H groups in total. The van der Waals surface area contributed by atoms with E-state index in [1.54, 1.807) is 30.3 Å². The van der Waals surface area contributed by atoms with E-state index in [4.69, 9.17) is 20.9 Å². The lowest BCUT2D eigenvalue weighted by atomic mass is 10.1. The Bertz CT molecular complexity index is 1020. The molecule has 2 aliphatic rings. The van der Waals surface area contributed by atoms with Gasteiger partial charge in [-0.25, -0.2) is 4.79 Å². The number of benzene rings is 1. The number of anilines is 1. The number of rotatable bonds is 5. The van der Waals surface area contributed by atoms with Crippen LogP contribution < -0.4 is 17.2 Å². The zero-order chi connectivity index (χ0) is 21.7. The quantitative estimate of drug-likeness (QED) is 0.571. The zero-order valence-corrected chi connectivity index (χ0v) is 15.7. The minimum Gasteiger partial charge on any atom is -0.451 e. The first kappa shape index (κ1) is 20.4. The van der Waals surface area contributed by atoms with E-state index in [0.717, 1.165) is 17.8 Å². The maximum absolute atomic E-state index is 15.2. The number of hydrogen-bond donors (Lipinski definition) is 3. The van der Waals surface area contributed by atoms with E-state index in [1.807, 2.05) is 0 Å². The first-order chi connectivity index (χ1) is 14.1. The SMILES string of the molecule is Nc1ccn([C@@H]2O[C@]3(C[C@H]3O)[C@@H](OC(=O)[C@@H](N)Cc3ccccc3)C2(F)F)c(=O)n1. The standard InChI is InChI=1S/C19H20F2N4O5/c20-19(21)15(29-14(27)11(22)8-10-4-2-1-3-5-10)18(9-12(18)26)30-16(19)25-7-6-13(23)24-17(25)28/h1-7,11-12,15-16,26H,8-9,22H2,(H2,23,24,28)/t11-,12+,15+,16+,18-/m0/s1. The van der Waals surface area contributed by atoms with Gasteiger partial charge in [-0.05, 0) is 18.1 Å². The molecule has 5 atom stereocenters. The second-order valence-corrected chi connectivity index (χ2v) is 7.48. The van der Waals surface area contributed by atoms with Gasteiger partial charge in [0, 0.05) is 12.6 Å². The lowest BCUT2D eigenvalue weighted by molar-refractivity contribution is -0.178.